The van der Waals surface area contributed by atoms with Crippen molar-refractivity contribution in [1.29, 1.82) is 0 Å². The molecule has 0 bridgehead atoms. The average Bonchev–Trinajstić information content (AvgIpc) is 3.36. The number of hydrogen-bond donors (Lipinski definition) is 0. The minimum atomic E-state index is 0.0939. The van der Waals surface area contributed by atoms with Gasteiger partial charge >= 0.3 is 5.97 Å². The van der Waals surface area contributed by atoms with Crippen LogP contribution in [0.5, 0.6) is 0 Å². The summed E-state index contributed by atoms with van der Waals surface area (Å²) in [5, 5.41) is 0. The van der Waals surface area contributed by atoms with Gasteiger partial charge in [-0.1, -0.05) is 156 Å². The molecule has 404 valence electrons. The summed E-state index contributed by atoms with van der Waals surface area (Å²) in [7, 11) is 0. The third-order valence-electron chi connectivity index (χ3n) is 19.8. The van der Waals surface area contributed by atoms with E-state index in [2.05, 4.69) is 93.5 Å². The fourth-order valence-electron chi connectivity index (χ4n) is 13.5. The van der Waals surface area contributed by atoms with Crippen molar-refractivity contribution in [3.63, 3.8) is 0 Å². The Bertz CT molecular complexity index is 1390. The van der Waals surface area contributed by atoms with Crippen LogP contribution in [0.2, 0.25) is 0 Å². The van der Waals surface area contributed by atoms with Gasteiger partial charge in [-0.25, -0.2) is 0 Å². The molecule has 4 heteroatoms. The van der Waals surface area contributed by atoms with Gasteiger partial charge in [-0.2, -0.15) is 0 Å². The first-order valence-corrected chi connectivity index (χ1v) is 31.2. The van der Waals surface area contributed by atoms with Crippen molar-refractivity contribution in [2.75, 3.05) is 6.79 Å². The van der Waals surface area contributed by atoms with Gasteiger partial charge in [0.15, 0.2) is 0 Å². The Balaban J connectivity index is 0.000000166. The third kappa shape index (κ3) is 23.4. The van der Waals surface area contributed by atoms with Gasteiger partial charge in [0.2, 0.25) is 0 Å². The van der Waals surface area contributed by atoms with Crippen LogP contribution in [0.4, 0.5) is 0 Å². The van der Waals surface area contributed by atoms with E-state index in [4.69, 9.17) is 14.2 Å². The number of esters is 1. The van der Waals surface area contributed by atoms with Crippen molar-refractivity contribution >= 4 is 5.97 Å². The summed E-state index contributed by atoms with van der Waals surface area (Å²) >= 11 is 0. The predicted octanol–water partition coefficient (Wildman–Crippen LogP) is 19.8. The van der Waals surface area contributed by atoms with Crippen LogP contribution in [0.25, 0.3) is 0 Å². The Kier molecular flexibility index (Phi) is 27.9. The summed E-state index contributed by atoms with van der Waals surface area (Å²) in [6, 6.07) is 9.12. The SMILES string of the molecule is CC1CCC(C)CC1.CC1CCC(C2CCC(C)CC2)CC1.CC1CCC(OC(=O)C2CCC(C)CC2)CC1.CC1CCC(OCOC2CCC(C)CC2)CC1.Cc1ccc(C2CCC(C)CC2)cc1. The second-order valence-electron chi connectivity index (χ2n) is 26.8. The van der Waals surface area contributed by atoms with Crippen LogP contribution in [0, 0.1) is 77.9 Å². The number of rotatable bonds is 8. The van der Waals surface area contributed by atoms with E-state index < -0.39 is 0 Å². The Morgan fingerprint density at radius 1 is 0.357 bits per heavy atom. The minimum absolute atomic E-state index is 0.0939. The number of ether oxygens (including phenoxy) is 3. The monoisotopic (exact) mass is 973 g/mol. The van der Waals surface area contributed by atoms with Gasteiger partial charge in [0, 0.05) is 0 Å². The zero-order valence-electron chi connectivity index (χ0n) is 48.0. The second-order valence-corrected chi connectivity index (χ2v) is 26.8. The van der Waals surface area contributed by atoms with Gasteiger partial charge in [-0.15, -0.1) is 0 Å². The zero-order chi connectivity index (χ0) is 50.3. The molecule has 0 aromatic heterocycles. The maximum atomic E-state index is 12.0. The van der Waals surface area contributed by atoms with E-state index in [1.165, 1.54) is 160 Å². The summed E-state index contributed by atoms with van der Waals surface area (Å²) in [4.78, 5) is 12.0. The highest BCUT2D eigenvalue weighted by atomic mass is 16.7. The van der Waals surface area contributed by atoms with Crippen molar-refractivity contribution in [1.82, 2.24) is 0 Å². The van der Waals surface area contributed by atoms with Crippen molar-refractivity contribution in [3.8, 4) is 0 Å². The number of carbonyl (C=O) groups excluding carboxylic acids is 1. The first kappa shape index (κ1) is 59.5. The molecule has 0 atom stereocenters. The molecular formula is C66H116O4. The molecule has 1 aromatic carbocycles. The molecule has 70 heavy (non-hydrogen) atoms. The largest absolute Gasteiger partial charge is 0.462 e. The van der Waals surface area contributed by atoms with Crippen LogP contribution in [-0.2, 0) is 19.0 Å². The molecule has 9 rings (SSSR count). The Morgan fingerprint density at radius 2 is 0.629 bits per heavy atom. The third-order valence-corrected chi connectivity index (χ3v) is 19.8. The molecule has 8 fully saturated rings. The molecule has 1 aromatic rings. The summed E-state index contributed by atoms with van der Waals surface area (Å²) in [6.45, 7) is 23.9. The number of benzene rings is 1. The highest BCUT2D eigenvalue weighted by Gasteiger charge is 2.31. The first-order valence-electron chi connectivity index (χ1n) is 31.2. The maximum Gasteiger partial charge on any atom is 0.309 e. The Hall–Kier alpha value is -1.39. The number of aryl methyl sites for hydroxylation is 1. The van der Waals surface area contributed by atoms with E-state index in [0.717, 1.165) is 96.7 Å². The molecule has 0 amide bonds. The van der Waals surface area contributed by atoms with Gasteiger partial charge in [0.1, 0.15) is 12.9 Å². The first-order chi connectivity index (χ1) is 33.7. The van der Waals surface area contributed by atoms with Gasteiger partial charge < -0.3 is 14.2 Å². The molecule has 8 aliphatic rings. The molecule has 8 aliphatic carbocycles. The fourth-order valence-corrected chi connectivity index (χ4v) is 13.5. The standard InChI is InChI=1S/C15H28O2.C15H26O2.C14H26.C14H20.C8H16/c1-12-3-7-14(8-4-12)16-11-17-15-9-5-13(2)6-10-15;1-11-3-7-13(8-4-11)15(16)17-14-9-5-12(2)6-10-14;2*1-11-3-7-13(8-4-11)14-9-5-12(2)6-10-14;1-7-3-5-8(2)6-4-7/h12-15H,3-11H2,1-2H3;11-14H,3-10H2,1-2H3;11-14H,3-10H2,1-2H3;3-4,7-8,12,14H,5-6,9-10H2,1-2H3;7-8H,3-6H2,1-2H3. The van der Waals surface area contributed by atoms with Crippen LogP contribution in [0.1, 0.15) is 285 Å². The van der Waals surface area contributed by atoms with Gasteiger partial charge in [-0.05, 0) is 225 Å². The highest BCUT2D eigenvalue weighted by Crippen LogP contribution is 2.41. The molecule has 0 heterocycles. The van der Waals surface area contributed by atoms with Gasteiger partial charge in [-0.3, -0.25) is 4.79 Å². The Labute approximate surface area is 435 Å². The normalized spacial score (nSPS) is 38.0. The summed E-state index contributed by atoms with van der Waals surface area (Å²) < 4.78 is 17.4. The molecule has 0 saturated heterocycles. The Morgan fingerprint density at radius 3 is 0.971 bits per heavy atom. The van der Waals surface area contributed by atoms with E-state index in [1.807, 2.05) is 0 Å². The van der Waals surface area contributed by atoms with Crippen LogP contribution >= 0.6 is 0 Å². The van der Waals surface area contributed by atoms with Crippen LogP contribution < -0.4 is 0 Å². The zero-order valence-corrected chi connectivity index (χ0v) is 48.0. The van der Waals surface area contributed by atoms with E-state index in [9.17, 15) is 4.79 Å². The van der Waals surface area contributed by atoms with Crippen LogP contribution in [0.15, 0.2) is 24.3 Å². The summed E-state index contributed by atoms with van der Waals surface area (Å²) in [5.41, 5.74) is 2.93. The van der Waals surface area contributed by atoms with E-state index in [0.29, 0.717) is 19.0 Å². The topological polar surface area (TPSA) is 44.8 Å². The van der Waals surface area contributed by atoms with Crippen molar-refractivity contribution in [2.45, 2.75) is 299 Å². The van der Waals surface area contributed by atoms with Crippen LogP contribution in [-0.4, -0.2) is 31.1 Å². The molecule has 4 nitrogen and oxygen atoms in total. The minimum Gasteiger partial charge on any atom is -0.462 e. The van der Waals surface area contributed by atoms with Crippen molar-refractivity contribution in [3.05, 3.63) is 35.4 Å². The number of carbonyl (C=O) groups is 1. The van der Waals surface area contributed by atoms with Crippen molar-refractivity contribution in [2.24, 2.45) is 71.0 Å². The average molecular weight is 974 g/mol. The van der Waals surface area contributed by atoms with Crippen LogP contribution in [0.3, 0.4) is 0 Å². The molecule has 0 radical (unpaired) electrons. The summed E-state index contributed by atoms with van der Waals surface area (Å²) in [6.07, 6.45) is 44.2. The molecule has 0 unspecified atom stereocenters. The lowest BCUT2D eigenvalue weighted by molar-refractivity contribution is -0.157. The van der Waals surface area contributed by atoms with Gasteiger partial charge in [0.05, 0.1) is 18.1 Å². The van der Waals surface area contributed by atoms with E-state index in [1.54, 1.807) is 31.2 Å². The fraction of sp³-hybridized carbons (Fsp3) is 0.894. The smallest absolute Gasteiger partial charge is 0.309 e. The molecule has 0 spiro atoms. The predicted molar refractivity (Wildman–Crippen MR) is 299 cm³/mol. The molecular weight excluding hydrogens is 857 g/mol. The quantitative estimate of drug-likeness (QED) is 0.192. The second kappa shape index (κ2) is 32.8. The highest BCUT2D eigenvalue weighted by molar-refractivity contribution is 5.72. The number of hydrogen-bond acceptors (Lipinski definition) is 4. The lowest BCUT2D eigenvalue weighted by atomic mass is 9.70. The lowest BCUT2D eigenvalue weighted by Crippen LogP contribution is -2.29. The van der Waals surface area contributed by atoms with Crippen molar-refractivity contribution < 1.29 is 19.0 Å². The molecule has 0 N–H and O–H groups in total. The lowest BCUT2D eigenvalue weighted by Gasteiger charge is -2.36. The maximum absolute atomic E-state index is 12.0. The molecule has 0 aliphatic heterocycles. The van der Waals surface area contributed by atoms with E-state index in [-0.39, 0.29) is 18.0 Å². The summed E-state index contributed by atoms with van der Waals surface area (Å²) in [5.74, 6) is 11.8. The van der Waals surface area contributed by atoms with Gasteiger partial charge in [0.25, 0.3) is 0 Å². The molecule has 8 saturated carbocycles. The van der Waals surface area contributed by atoms with E-state index >= 15 is 0 Å².